The van der Waals surface area contributed by atoms with E-state index in [9.17, 15) is 0 Å². The molecule has 0 atom stereocenters. The Morgan fingerprint density at radius 3 is 3.08 bits per heavy atom. The van der Waals surface area contributed by atoms with Crippen molar-refractivity contribution in [3.63, 3.8) is 0 Å². The number of hydrogen-bond acceptors (Lipinski definition) is 4. The third-order valence-electron chi connectivity index (χ3n) is 1.07. The minimum absolute atomic E-state index is 0.670. The molecule has 5 heteroatoms. The Hall–Kier alpha value is 0.0700. The first-order valence-corrected chi connectivity index (χ1v) is 6.33. The SMILES string of the molecule is Cc1ccnc(SSCCCl)n1. The Labute approximate surface area is 84.9 Å². The van der Waals surface area contributed by atoms with Gasteiger partial charge in [-0.25, -0.2) is 9.97 Å². The van der Waals surface area contributed by atoms with Gasteiger partial charge >= 0.3 is 0 Å². The van der Waals surface area contributed by atoms with E-state index in [0.717, 1.165) is 16.6 Å². The predicted molar refractivity (Wildman–Crippen MR) is 55.8 cm³/mol. The first kappa shape index (κ1) is 10.2. The van der Waals surface area contributed by atoms with Crippen LogP contribution in [-0.4, -0.2) is 21.6 Å². The zero-order valence-electron chi connectivity index (χ0n) is 6.66. The molecule has 1 rings (SSSR count). The zero-order valence-corrected chi connectivity index (χ0v) is 9.05. The van der Waals surface area contributed by atoms with Crippen molar-refractivity contribution in [1.82, 2.24) is 9.97 Å². The molecule has 0 aliphatic heterocycles. The minimum atomic E-state index is 0.670. The maximum atomic E-state index is 5.52. The van der Waals surface area contributed by atoms with Gasteiger partial charge in [0.2, 0.25) is 0 Å². The van der Waals surface area contributed by atoms with Crippen molar-refractivity contribution in [3.05, 3.63) is 18.0 Å². The molecule has 1 aromatic rings. The molecular formula is C7H9ClN2S2. The Morgan fingerprint density at radius 2 is 2.42 bits per heavy atom. The number of rotatable bonds is 4. The van der Waals surface area contributed by atoms with Gasteiger partial charge in [0.1, 0.15) is 0 Å². The molecule has 2 nitrogen and oxygen atoms in total. The molecule has 66 valence electrons. The van der Waals surface area contributed by atoms with Crippen molar-refractivity contribution in [1.29, 1.82) is 0 Å². The van der Waals surface area contributed by atoms with Gasteiger partial charge in [-0.3, -0.25) is 0 Å². The molecule has 0 amide bonds. The Bertz CT molecular complexity index is 245. The topological polar surface area (TPSA) is 25.8 Å². The van der Waals surface area contributed by atoms with Gasteiger partial charge in [0.25, 0.3) is 0 Å². The highest BCUT2D eigenvalue weighted by atomic mass is 35.5. The minimum Gasteiger partial charge on any atom is -0.230 e. The van der Waals surface area contributed by atoms with E-state index in [1.165, 1.54) is 0 Å². The fraction of sp³-hybridized carbons (Fsp3) is 0.429. The summed E-state index contributed by atoms with van der Waals surface area (Å²) in [4.78, 5) is 8.33. The molecule has 1 heterocycles. The second-order valence-electron chi connectivity index (χ2n) is 2.07. The van der Waals surface area contributed by atoms with Crippen LogP contribution < -0.4 is 0 Å². The van der Waals surface area contributed by atoms with Crippen molar-refractivity contribution < 1.29 is 0 Å². The third kappa shape index (κ3) is 3.65. The highest BCUT2D eigenvalue weighted by Gasteiger charge is 1.96. The fourth-order valence-corrected chi connectivity index (χ4v) is 2.69. The maximum Gasteiger partial charge on any atom is 0.198 e. The lowest BCUT2D eigenvalue weighted by atomic mass is 10.5. The highest BCUT2D eigenvalue weighted by molar-refractivity contribution is 8.76. The number of alkyl halides is 1. The molecule has 12 heavy (non-hydrogen) atoms. The van der Waals surface area contributed by atoms with Crippen LogP contribution in [0.4, 0.5) is 0 Å². The van der Waals surface area contributed by atoms with E-state index < -0.39 is 0 Å². The van der Waals surface area contributed by atoms with Gasteiger partial charge in [-0.15, -0.1) is 11.6 Å². The molecule has 1 aromatic heterocycles. The molecule has 0 aromatic carbocycles. The first-order chi connectivity index (χ1) is 5.83. The molecule has 0 fully saturated rings. The number of hydrogen-bond donors (Lipinski definition) is 0. The summed E-state index contributed by atoms with van der Waals surface area (Å²) in [5.74, 6) is 1.59. The summed E-state index contributed by atoms with van der Waals surface area (Å²) in [7, 11) is 3.24. The molecule has 0 radical (unpaired) electrons. The van der Waals surface area contributed by atoms with Crippen LogP contribution in [0.15, 0.2) is 17.4 Å². The Balaban J connectivity index is 2.41. The van der Waals surface area contributed by atoms with Crippen LogP contribution >= 0.6 is 33.2 Å². The van der Waals surface area contributed by atoms with Crippen molar-refractivity contribution in [2.45, 2.75) is 12.1 Å². The van der Waals surface area contributed by atoms with Gasteiger partial charge < -0.3 is 0 Å². The van der Waals surface area contributed by atoms with E-state index in [1.54, 1.807) is 27.8 Å². The molecule has 0 N–H and O–H groups in total. The van der Waals surface area contributed by atoms with Crippen LogP contribution in [0.2, 0.25) is 0 Å². The van der Waals surface area contributed by atoms with Gasteiger partial charge in [0, 0.05) is 23.5 Å². The van der Waals surface area contributed by atoms with Crippen LogP contribution in [0.3, 0.4) is 0 Å². The summed E-state index contributed by atoms with van der Waals surface area (Å²) in [6, 6.07) is 1.89. The smallest absolute Gasteiger partial charge is 0.198 e. The lowest BCUT2D eigenvalue weighted by Crippen LogP contribution is -1.86. The lowest BCUT2D eigenvalue weighted by Gasteiger charge is -1.97. The van der Waals surface area contributed by atoms with Gasteiger partial charge in [-0.2, -0.15) is 0 Å². The van der Waals surface area contributed by atoms with Crippen molar-refractivity contribution in [3.8, 4) is 0 Å². The van der Waals surface area contributed by atoms with Crippen LogP contribution in [0.5, 0.6) is 0 Å². The number of aryl methyl sites for hydroxylation is 1. The zero-order chi connectivity index (χ0) is 8.81. The summed E-state index contributed by atoms with van der Waals surface area (Å²) in [6.45, 7) is 1.96. The Morgan fingerprint density at radius 1 is 1.58 bits per heavy atom. The second kappa shape index (κ2) is 5.67. The predicted octanol–water partition coefficient (Wildman–Crippen LogP) is 2.76. The summed E-state index contributed by atoms with van der Waals surface area (Å²) in [5, 5.41) is 0.810. The largest absolute Gasteiger partial charge is 0.230 e. The summed E-state index contributed by atoms with van der Waals surface area (Å²) < 4.78 is 0. The molecule has 0 unspecified atom stereocenters. The quantitative estimate of drug-likeness (QED) is 0.337. The van der Waals surface area contributed by atoms with E-state index >= 15 is 0 Å². The molecule has 0 saturated carbocycles. The van der Waals surface area contributed by atoms with Crippen LogP contribution in [-0.2, 0) is 0 Å². The lowest BCUT2D eigenvalue weighted by molar-refractivity contribution is 0.938. The van der Waals surface area contributed by atoms with Crippen molar-refractivity contribution in [2.24, 2.45) is 0 Å². The molecular weight excluding hydrogens is 212 g/mol. The van der Waals surface area contributed by atoms with Crippen LogP contribution in [0.25, 0.3) is 0 Å². The van der Waals surface area contributed by atoms with E-state index in [2.05, 4.69) is 9.97 Å². The maximum absolute atomic E-state index is 5.52. The van der Waals surface area contributed by atoms with E-state index in [0.29, 0.717) is 5.88 Å². The van der Waals surface area contributed by atoms with Crippen LogP contribution in [0, 0.1) is 6.92 Å². The van der Waals surface area contributed by atoms with Gasteiger partial charge in [-0.05, 0) is 23.8 Å². The summed E-state index contributed by atoms with van der Waals surface area (Å²) in [6.07, 6.45) is 1.77. The van der Waals surface area contributed by atoms with E-state index in [1.807, 2.05) is 13.0 Å². The molecule has 0 aliphatic carbocycles. The van der Waals surface area contributed by atoms with E-state index in [4.69, 9.17) is 11.6 Å². The average molecular weight is 221 g/mol. The normalized spacial score (nSPS) is 10.2. The fourth-order valence-electron chi connectivity index (χ4n) is 0.592. The number of nitrogens with zero attached hydrogens (tertiary/aromatic N) is 2. The standard InChI is InChI=1S/C7H9ClN2S2/c1-6-2-4-9-7(10-6)12-11-5-3-8/h2,4H,3,5H2,1H3. The van der Waals surface area contributed by atoms with Gasteiger partial charge in [0.15, 0.2) is 5.16 Å². The molecule has 0 bridgehead atoms. The highest BCUT2D eigenvalue weighted by Crippen LogP contribution is 2.27. The molecule has 0 spiro atoms. The average Bonchev–Trinajstić information content (AvgIpc) is 2.05. The second-order valence-corrected chi connectivity index (χ2v) is 4.84. The first-order valence-electron chi connectivity index (χ1n) is 3.48. The van der Waals surface area contributed by atoms with Gasteiger partial charge in [-0.1, -0.05) is 10.8 Å². The third-order valence-corrected chi connectivity index (χ3v) is 3.61. The van der Waals surface area contributed by atoms with E-state index in [-0.39, 0.29) is 0 Å². The molecule has 0 aliphatic rings. The Kier molecular flexibility index (Phi) is 4.80. The number of halogens is 1. The van der Waals surface area contributed by atoms with Crippen molar-refractivity contribution >= 4 is 33.2 Å². The van der Waals surface area contributed by atoms with Crippen LogP contribution in [0.1, 0.15) is 5.69 Å². The molecule has 0 saturated heterocycles. The number of aromatic nitrogens is 2. The summed E-state index contributed by atoms with van der Waals surface area (Å²) in [5.41, 5.74) is 0.999. The monoisotopic (exact) mass is 220 g/mol. The van der Waals surface area contributed by atoms with Crippen molar-refractivity contribution in [2.75, 3.05) is 11.6 Å². The summed E-state index contributed by atoms with van der Waals surface area (Å²) >= 11 is 5.52. The van der Waals surface area contributed by atoms with Gasteiger partial charge in [0.05, 0.1) is 0 Å².